The molecule has 1 aromatic carbocycles. The van der Waals surface area contributed by atoms with Crippen molar-refractivity contribution < 1.29 is 13.6 Å². The van der Waals surface area contributed by atoms with Gasteiger partial charge in [0, 0.05) is 25.3 Å². The highest BCUT2D eigenvalue weighted by molar-refractivity contribution is 5.92. The Balaban J connectivity index is 1.36. The topological polar surface area (TPSA) is 109 Å². The van der Waals surface area contributed by atoms with E-state index in [1.54, 1.807) is 36.4 Å². The largest absolute Gasteiger partial charge is 0.365 e. The van der Waals surface area contributed by atoms with Crippen LogP contribution in [0.15, 0.2) is 37.1 Å². The molecule has 0 unspecified atom stereocenters. The second-order valence-electron chi connectivity index (χ2n) is 10.0. The van der Waals surface area contributed by atoms with Crippen LogP contribution in [0.2, 0.25) is 0 Å². The SMILES string of the molecule is Cn1cnc(C(=O)N[C@@H]2CCC[C@H](Nc3nc(C4=C[N+](C)(C)c5c(F)cc(C#N)cc54)ncc3F)C2)c1. The fraction of sp³-hybridized carbons (Fsp3) is 0.346. The molecule has 0 bridgehead atoms. The summed E-state index contributed by atoms with van der Waals surface area (Å²) >= 11 is 0. The predicted molar refractivity (Wildman–Crippen MR) is 134 cm³/mol. The molecule has 3 aromatic rings. The van der Waals surface area contributed by atoms with Gasteiger partial charge in [-0.05, 0) is 37.8 Å². The van der Waals surface area contributed by atoms with Crippen molar-refractivity contribution in [1.82, 2.24) is 29.3 Å². The zero-order valence-electron chi connectivity index (χ0n) is 20.8. The summed E-state index contributed by atoms with van der Waals surface area (Å²) in [5.74, 6) is -1.06. The number of benzene rings is 1. The van der Waals surface area contributed by atoms with Crippen LogP contribution in [0.1, 0.15) is 53.1 Å². The van der Waals surface area contributed by atoms with E-state index in [0.717, 1.165) is 25.5 Å². The number of halogens is 2. The Morgan fingerprint density at radius 2 is 1.97 bits per heavy atom. The highest BCUT2D eigenvalue weighted by Gasteiger charge is 2.37. The average molecular weight is 506 g/mol. The average Bonchev–Trinajstić information content (AvgIpc) is 3.41. The maximum atomic E-state index is 14.9. The van der Waals surface area contributed by atoms with Crippen LogP contribution in [-0.2, 0) is 7.05 Å². The molecule has 2 aliphatic rings. The van der Waals surface area contributed by atoms with Gasteiger partial charge < -0.3 is 15.2 Å². The van der Waals surface area contributed by atoms with Gasteiger partial charge in [-0.1, -0.05) is 0 Å². The summed E-state index contributed by atoms with van der Waals surface area (Å²) in [6.45, 7) is 0. The van der Waals surface area contributed by atoms with Gasteiger partial charge in [0.2, 0.25) is 0 Å². The third-order valence-corrected chi connectivity index (χ3v) is 6.78. The van der Waals surface area contributed by atoms with Crippen LogP contribution in [0.3, 0.4) is 0 Å². The van der Waals surface area contributed by atoms with Crippen LogP contribution < -0.4 is 15.1 Å². The first kappa shape index (κ1) is 24.5. The Morgan fingerprint density at radius 3 is 2.70 bits per heavy atom. The molecular formula is C26H27F2N8O+. The minimum absolute atomic E-state index is 0.0447. The number of amides is 1. The maximum Gasteiger partial charge on any atom is 0.271 e. The number of nitrogens with one attached hydrogen (secondary N) is 2. The first-order valence-electron chi connectivity index (χ1n) is 12.0. The van der Waals surface area contributed by atoms with Crippen molar-refractivity contribution in [3.05, 3.63) is 71.3 Å². The fourth-order valence-corrected chi connectivity index (χ4v) is 5.12. The Labute approximate surface area is 213 Å². The number of anilines is 1. The Kier molecular flexibility index (Phi) is 6.21. The number of nitriles is 1. The van der Waals surface area contributed by atoms with E-state index in [1.807, 2.05) is 20.2 Å². The molecule has 1 amide bonds. The van der Waals surface area contributed by atoms with E-state index in [2.05, 4.69) is 25.6 Å². The van der Waals surface area contributed by atoms with Crippen LogP contribution in [0.25, 0.3) is 5.57 Å². The van der Waals surface area contributed by atoms with E-state index in [0.29, 0.717) is 28.9 Å². The Bertz CT molecular complexity index is 1460. The maximum absolute atomic E-state index is 14.9. The van der Waals surface area contributed by atoms with Gasteiger partial charge in [0.1, 0.15) is 11.9 Å². The molecule has 1 saturated carbocycles. The molecule has 190 valence electrons. The van der Waals surface area contributed by atoms with Crippen molar-refractivity contribution in [3.8, 4) is 6.07 Å². The van der Waals surface area contributed by atoms with Crippen molar-refractivity contribution in [3.63, 3.8) is 0 Å². The number of aromatic nitrogens is 4. The van der Waals surface area contributed by atoms with E-state index in [4.69, 9.17) is 0 Å². The first-order valence-corrected chi connectivity index (χ1v) is 12.0. The number of carbonyl (C=O) groups excluding carboxylic acids is 1. The van der Waals surface area contributed by atoms with E-state index in [9.17, 15) is 18.8 Å². The number of hydrogen-bond donors (Lipinski definition) is 2. The molecular weight excluding hydrogens is 478 g/mol. The van der Waals surface area contributed by atoms with Gasteiger partial charge in [0.05, 0.1) is 49.4 Å². The number of quaternary nitrogens is 1. The lowest BCUT2D eigenvalue weighted by atomic mass is 9.91. The summed E-state index contributed by atoms with van der Waals surface area (Å²) in [5.41, 5.74) is 1.98. The highest BCUT2D eigenvalue weighted by Crippen LogP contribution is 2.43. The molecule has 0 saturated heterocycles. The molecule has 0 radical (unpaired) electrons. The van der Waals surface area contributed by atoms with Crippen molar-refractivity contribution in [2.24, 2.45) is 7.05 Å². The second kappa shape index (κ2) is 9.37. The number of fused-ring (bicyclic) bond motifs is 1. The third kappa shape index (κ3) is 4.80. The Hall–Kier alpha value is -4.17. The molecule has 1 fully saturated rings. The molecule has 1 aliphatic heterocycles. The molecule has 11 heteroatoms. The van der Waals surface area contributed by atoms with Gasteiger partial charge in [0.15, 0.2) is 29.0 Å². The summed E-state index contributed by atoms with van der Waals surface area (Å²) in [6, 6.07) is 4.60. The number of imidazole rings is 1. The normalized spacial score (nSPS) is 20.1. The van der Waals surface area contributed by atoms with Gasteiger partial charge in [-0.3, -0.25) is 9.28 Å². The number of rotatable bonds is 5. The quantitative estimate of drug-likeness (QED) is 0.514. The lowest BCUT2D eigenvalue weighted by molar-refractivity contribution is 0.0921. The zero-order chi connectivity index (χ0) is 26.3. The number of carbonyl (C=O) groups is 1. The van der Waals surface area contributed by atoms with E-state index >= 15 is 0 Å². The van der Waals surface area contributed by atoms with E-state index in [1.165, 1.54) is 6.07 Å². The number of nitrogens with zero attached hydrogens (tertiary/aromatic N) is 6. The van der Waals surface area contributed by atoms with Crippen LogP contribution in [0, 0.1) is 23.0 Å². The van der Waals surface area contributed by atoms with Gasteiger partial charge in [0.25, 0.3) is 5.91 Å². The lowest BCUT2D eigenvalue weighted by Crippen LogP contribution is -2.42. The monoisotopic (exact) mass is 505 g/mol. The lowest BCUT2D eigenvalue weighted by Gasteiger charge is -2.30. The minimum Gasteiger partial charge on any atom is -0.365 e. The molecule has 3 heterocycles. The van der Waals surface area contributed by atoms with Crippen LogP contribution in [0.4, 0.5) is 20.3 Å². The highest BCUT2D eigenvalue weighted by atomic mass is 19.1. The Morgan fingerprint density at radius 1 is 1.19 bits per heavy atom. The molecule has 2 N–H and O–H groups in total. The van der Waals surface area contributed by atoms with Gasteiger partial charge in [-0.15, -0.1) is 0 Å². The summed E-state index contributed by atoms with van der Waals surface area (Å²) in [6.07, 6.45) is 9.18. The summed E-state index contributed by atoms with van der Waals surface area (Å²) < 4.78 is 31.5. The number of hydrogen-bond acceptors (Lipinski definition) is 6. The summed E-state index contributed by atoms with van der Waals surface area (Å²) in [5, 5.41) is 15.5. The van der Waals surface area contributed by atoms with Crippen LogP contribution in [0.5, 0.6) is 0 Å². The van der Waals surface area contributed by atoms with Crippen molar-refractivity contribution in [1.29, 1.82) is 5.26 Å². The third-order valence-electron chi connectivity index (χ3n) is 6.78. The molecule has 2 atom stereocenters. The van der Waals surface area contributed by atoms with E-state index in [-0.39, 0.29) is 39.7 Å². The molecule has 1 aliphatic carbocycles. The van der Waals surface area contributed by atoms with Gasteiger partial charge in [-0.25, -0.2) is 23.7 Å². The van der Waals surface area contributed by atoms with Gasteiger partial charge in [-0.2, -0.15) is 5.26 Å². The van der Waals surface area contributed by atoms with Gasteiger partial charge >= 0.3 is 0 Å². The smallest absolute Gasteiger partial charge is 0.271 e. The van der Waals surface area contributed by atoms with Crippen LogP contribution in [-0.4, -0.2) is 51.6 Å². The molecule has 2 aromatic heterocycles. The second-order valence-corrected chi connectivity index (χ2v) is 10.0. The summed E-state index contributed by atoms with van der Waals surface area (Å²) in [7, 11) is 5.42. The molecule has 0 spiro atoms. The standard InChI is InChI=1S/C26H26F2N8O/c1-35-12-22(31-14-35)26(37)33-17-6-4-5-16(9-17)32-25-21(28)11-30-24(34-25)19-13-36(2,3)23-18(19)7-15(10-29)8-20(23)27/h7-8,11-14,16-17H,4-6,9H2,1-3H3,(H-,30,32,33,34,37)/p+1/t16-,17+/m0/s1. The van der Waals surface area contributed by atoms with Crippen LogP contribution >= 0.6 is 0 Å². The minimum atomic E-state index is -0.604. The first-order chi connectivity index (χ1) is 17.6. The molecule has 9 nitrogen and oxygen atoms in total. The summed E-state index contributed by atoms with van der Waals surface area (Å²) in [4.78, 5) is 25.2. The fourth-order valence-electron chi connectivity index (χ4n) is 5.12. The molecule has 5 rings (SSSR count). The van der Waals surface area contributed by atoms with Crippen molar-refractivity contribution in [2.75, 3.05) is 19.4 Å². The predicted octanol–water partition coefficient (Wildman–Crippen LogP) is 3.48. The molecule has 37 heavy (non-hydrogen) atoms. The van der Waals surface area contributed by atoms with E-state index < -0.39 is 11.6 Å². The number of aryl methyl sites for hydroxylation is 1. The zero-order valence-corrected chi connectivity index (χ0v) is 20.8. The van der Waals surface area contributed by atoms with Crippen molar-refractivity contribution in [2.45, 2.75) is 37.8 Å². The van der Waals surface area contributed by atoms with Crippen molar-refractivity contribution >= 4 is 23.0 Å².